The number of aryl methyl sites for hydroxylation is 2. The minimum atomic E-state index is -0.833. The number of carboxylic acids is 1. The van der Waals surface area contributed by atoms with Crippen LogP contribution < -0.4 is 4.74 Å². The number of rotatable bonds is 2. The summed E-state index contributed by atoms with van der Waals surface area (Å²) >= 11 is 1.99. The lowest BCUT2D eigenvalue weighted by molar-refractivity contribution is -0.134. The fraction of sp³-hybridized carbons (Fsp3) is 0.333. The monoisotopic (exact) mass is 350 g/mol. The van der Waals surface area contributed by atoms with Crippen molar-refractivity contribution in [3.8, 4) is 5.75 Å². The van der Waals surface area contributed by atoms with Crippen LogP contribution in [0.5, 0.6) is 5.75 Å². The van der Waals surface area contributed by atoms with Crippen LogP contribution in [0.15, 0.2) is 18.2 Å². The van der Waals surface area contributed by atoms with Gasteiger partial charge in [-0.15, -0.1) is 0 Å². The molecule has 0 unspecified atom stereocenters. The van der Waals surface area contributed by atoms with Crippen LogP contribution >= 0.6 is 22.6 Å². The van der Waals surface area contributed by atoms with E-state index in [1.54, 1.807) is 0 Å². The molecule has 0 atom stereocenters. The van der Waals surface area contributed by atoms with Crippen molar-refractivity contribution in [3.63, 3.8) is 0 Å². The van der Waals surface area contributed by atoms with Crippen LogP contribution in [0.25, 0.3) is 0 Å². The average molecular weight is 350 g/mol. The van der Waals surface area contributed by atoms with Gasteiger partial charge in [0.15, 0.2) is 0 Å². The maximum Gasteiger partial charge on any atom is 0.321 e. The Kier molecular flexibility index (Phi) is 7.53. The molecule has 1 rings (SSSR count). The zero-order valence-corrected chi connectivity index (χ0v) is 12.1. The number of esters is 1. The quantitative estimate of drug-likeness (QED) is 0.386. The van der Waals surface area contributed by atoms with Gasteiger partial charge in [0.1, 0.15) is 5.75 Å². The second-order valence-corrected chi connectivity index (χ2v) is 4.11. The van der Waals surface area contributed by atoms with Crippen molar-refractivity contribution in [1.82, 2.24) is 0 Å². The number of para-hydroxylation sites is 1. The normalized spacial score (nSPS) is 8.94. The van der Waals surface area contributed by atoms with Crippen molar-refractivity contribution >= 4 is 34.5 Å². The molecule has 0 radical (unpaired) electrons. The number of halogens is 1. The van der Waals surface area contributed by atoms with Gasteiger partial charge >= 0.3 is 5.97 Å². The lowest BCUT2D eigenvalue weighted by atomic mass is 10.1. The van der Waals surface area contributed by atoms with Crippen molar-refractivity contribution in [3.05, 3.63) is 29.3 Å². The molecule has 94 valence electrons. The van der Waals surface area contributed by atoms with E-state index in [-0.39, 0.29) is 5.97 Å². The van der Waals surface area contributed by atoms with Crippen LogP contribution in [0.1, 0.15) is 18.1 Å². The molecule has 0 aliphatic heterocycles. The first kappa shape index (κ1) is 15.9. The maximum atomic E-state index is 11.1. The second kappa shape index (κ2) is 8.05. The van der Waals surface area contributed by atoms with Gasteiger partial charge in [-0.2, -0.15) is 0 Å². The number of ether oxygens (including phenoxy) is 1. The Bertz CT molecular complexity index is 377. The van der Waals surface area contributed by atoms with Crippen LogP contribution in [0.4, 0.5) is 0 Å². The van der Waals surface area contributed by atoms with E-state index in [0.29, 0.717) is 10.2 Å². The summed E-state index contributed by atoms with van der Waals surface area (Å²) in [5, 5.41) is 7.42. The van der Waals surface area contributed by atoms with Crippen molar-refractivity contribution < 1.29 is 19.4 Å². The summed E-state index contributed by atoms with van der Waals surface area (Å²) in [5.74, 6) is -0.331. The van der Waals surface area contributed by atoms with Gasteiger partial charge in [0.2, 0.25) is 0 Å². The van der Waals surface area contributed by atoms with E-state index in [1.807, 2.05) is 54.6 Å². The van der Waals surface area contributed by atoms with E-state index >= 15 is 0 Å². The molecule has 1 aromatic rings. The van der Waals surface area contributed by atoms with Crippen LogP contribution in [0.2, 0.25) is 0 Å². The molecule has 0 fully saturated rings. The molecule has 17 heavy (non-hydrogen) atoms. The number of aliphatic carboxylic acids is 1. The number of carbonyl (C=O) groups is 2. The first-order chi connectivity index (χ1) is 7.88. The SMILES string of the molecule is CC(=O)O.Cc1cccc(C)c1OC(=O)CI. The van der Waals surface area contributed by atoms with Crippen LogP contribution in [-0.2, 0) is 9.59 Å². The highest BCUT2D eigenvalue weighted by Gasteiger charge is 2.07. The number of hydrogen-bond acceptors (Lipinski definition) is 3. The molecule has 1 aromatic carbocycles. The molecule has 0 saturated carbocycles. The molecular formula is C12H15IO4. The lowest BCUT2D eigenvalue weighted by Gasteiger charge is -2.08. The highest BCUT2D eigenvalue weighted by molar-refractivity contribution is 14.1. The van der Waals surface area contributed by atoms with Crippen molar-refractivity contribution in [2.45, 2.75) is 20.8 Å². The standard InChI is InChI=1S/C10H11IO2.C2H4O2/c1-7-4-3-5-8(2)10(7)13-9(12)6-11;1-2(3)4/h3-5H,6H2,1-2H3;1H3,(H,3,4). The molecule has 0 spiro atoms. The third-order valence-corrected chi connectivity index (χ3v) is 2.36. The minimum Gasteiger partial charge on any atom is -0.481 e. The summed E-state index contributed by atoms with van der Waals surface area (Å²) in [7, 11) is 0. The molecule has 0 aliphatic carbocycles. The van der Waals surface area contributed by atoms with Crippen molar-refractivity contribution in [2.24, 2.45) is 0 Å². The molecule has 0 aromatic heterocycles. The third kappa shape index (κ3) is 6.93. The van der Waals surface area contributed by atoms with E-state index in [9.17, 15) is 4.79 Å². The predicted octanol–water partition coefficient (Wildman–Crippen LogP) is 2.73. The highest BCUT2D eigenvalue weighted by Crippen LogP contribution is 2.22. The topological polar surface area (TPSA) is 63.6 Å². The van der Waals surface area contributed by atoms with Crippen molar-refractivity contribution in [2.75, 3.05) is 4.43 Å². The summed E-state index contributed by atoms with van der Waals surface area (Å²) in [6, 6.07) is 5.82. The average Bonchev–Trinajstić information content (AvgIpc) is 2.22. The molecule has 0 aliphatic rings. The summed E-state index contributed by atoms with van der Waals surface area (Å²) in [5.41, 5.74) is 2.00. The molecule has 4 nitrogen and oxygen atoms in total. The van der Waals surface area contributed by atoms with Gasteiger partial charge in [0, 0.05) is 6.92 Å². The number of alkyl halides is 1. The first-order valence-electron chi connectivity index (χ1n) is 4.90. The highest BCUT2D eigenvalue weighted by atomic mass is 127. The Morgan fingerprint density at radius 3 is 2.06 bits per heavy atom. The first-order valence-corrected chi connectivity index (χ1v) is 6.43. The molecule has 0 saturated heterocycles. The van der Waals surface area contributed by atoms with Gasteiger partial charge in [0.05, 0.1) is 4.43 Å². The molecular weight excluding hydrogens is 335 g/mol. The van der Waals surface area contributed by atoms with E-state index in [0.717, 1.165) is 18.1 Å². The van der Waals surface area contributed by atoms with Gasteiger partial charge in [-0.1, -0.05) is 40.8 Å². The van der Waals surface area contributed by atoms with Crippen LogP contribution in [-0.4, -0.2) is 21.5 Å². The molecule has 0 bridgehead atoms. The van der Waals surface area contributed by atoms with Crippen molar-refractivity contribution in [1.29, 1.82) is 0 Å². The summed E-state index contributed by atoms with van der Waals surface area (Å²) in [6.45, 7) is 4.95. The van der Waals surface area contributed by atoms with E-state index in [2.05, 4.69) is 0 Å². The lowest BCUT2D eigenvalue weighted by Crippen LogP contribution is -2.10. The van der Waals surface area contributed by atoms with E-state index < -0.39 is 5.97 Å². The van der Waals surface area contributed by atoms with E-state index in [1.165, 1.54) is 0 Å². The second-order valence-electron chi connectivity index (χ2n) is 3.35. The molecule has 0 heterocycles. The zero-order valence-electron chi connectivity index (χ0n) is 9.99. The van der Waals surface area contributed by atoms with Gasteiger partial charge in [0.25, 0.3) is 5.97 Å². The van der Waals surface area contributed by atoms with Gasteiger partial charge < -0.3 is 9.84 Å². The summed E-state index contributed by atoms with van der Waals surface area (Å²) < 4.78 is 5.56. The fourth-order valence-electron chi connectivity index (χ4n) is 1.10. The Hall–Kier alpha value is -1.11. The van der Waals surface area contributed by atoms with Gasteiger partial charge in [-0.05, 0) is 25.0 Å². The molecule has 1 N–H and O–H groups in total. The van der Waals surface area contributed by atoms with Crippen LogP contribution in [0.3, 0.4) is 0 Å². The zero-order chi connectivity index (χ0) is 13.4. The van der Waals surface area contributed by atoms with Gasteiger partial charge in [-0.3, -0.25) is 9.59 Å². The Morgan fingerprint density at radius 2 is 1.71 bits per heavy atom. The van der Waals surface area contributed by atoms with Crippen LogP contribution in [0, 0.1) is 13.8 Å². The Balaban J connectivity index is 0.000000557. The predicted molar refractivity (Wildman–Crippen MR) is 73.7 cm³/mol. The summed E-state index contributed by atoms with van der Waals surface area (Å²) in [4.78, 5) is 20.1. The minimum absolute atomic E-state index is 0.196. The Labute approximate surface area is 114 Å². The Morgan fingerprint density at radius 1 is 1.29 bits per heavy atom. The summed E-state index contributed by atoms with van der Waals surface area (Å²) in [6.07, 6.45) is 0. The number of hydrogen-bond donors (Lipinski definition) is 1. The molecule has 5 heteroatoms. The smallest absolute Gasteiger partial charge is 0.321 e. The van der Waals surface area contributed by atoms with Gasteiger partial charge in [-0.25, -0.2) is 0 Å². The largest absolute Gasteiger partial charge is 0.481 e. The number of benzene rings is 1. The van der Waals surface area contributed by atoms with E-state index in [4.69, 9.17) is 14.6 Å². The third-order valence-electron chi connectivity index (χ3n) is 1.73. The molecule has 0 amide bonds. The number of carbonyl (C=O) groups excluding carboxylic acids is 1. The maximum absolute atomic E-state index is 11.1. The number of carboxylic acid groups (broad SMARTS) is 1. The fourth-order valence-corrected chi connectivity index (χ4v) is 1.26.